The SMILES string of the molecule is CCCNCC1CCCN1CCOC(C)(C)C. The second-order valence-corrected chi connectivity index (χ2v) is 6.00. The Morgan fingerprint density at radius 1 is 1.35 bits per heavy atom. The van der Waals surface area contributed by atoms with Crippen LogP contribution in [0.15, 0.2) is 0 Å². The second kappa shape index (κ2) is 7.34. The Hall–Kier alpha value is -0.120. The number of rotatable bonds is 7. The highest BCUT2D eigenvalue weighted by molar-refractivity contribution is 4.80. The lowest BCUT2D eigenvalue weighted by atomic mass is 10.2. The molecule has 1 aliphatic heterocycles. The topological polar surface area (TPSA) is 24.5 Å². The van der Waals surface area contributed by atoms with Gasteiger partial charge in [0.2, 0.25) is 0 Å². The van der Waals surface area contributed by atoms with Crippen molar-refractivity contribution in [3.05, 3.63) is 0 Å². The molecular formula is C14H30N2O. The third-order valence-electron chi connectivity index (χ3n) is 3.22. The highest BCUT2D eigenvalue weighted by atomic mass is 16.5. The van der Waals surface area contributed by atoms with Crippen LogP contribution >= 0.6 is 0 Å². The van der Waals surface area contributed by atoms with Crippen LogP contribution in [-0.4, -0.2) is 49.3 Å². The fraction of sp³-hybridized carbons (Fsp3) is 1.00. The first-order valence-corrected chi connectivity index (χ1v) is 7.11. The monoisotopic (exact) mass is 242 g/mol. The van der Waals surface area contributed by atoms with E-state index < -0.39 is 0 Å². The first kappa shape index (κ1) is 14.9. The first-order chi connectivity index (χ1) is 8.03. The fourth-order valence-electron chi connectivity index (χ4n) is 2.34. The fourth-order valence-corrected chi connectivity index (χ4v) is 2.34. The summed E-state index contributed by atoms with van der Waals surface area (Å²) in [6.45, 7) is 14.0. The summed E-state index contributed by atoms with van der Waals surface area (Å²) in [5.74, 6) is 0. The van der Waals surface area contributed by atoms with Crippen molar-refractivity contribution in [1.82, 2.24) is 10.2 Å². The van der Waals surface area contributed by atoms with Crippen LogP contribution < -0.4 is 5.32 Å². The van der Waals surface area contributed by atoms with E-state index >= 15 is 0 Å². The third kappa shape index (κ3) is 6.39. The predicted molar refractivity (Wildman–Crippen MR) is 73.5 cm³/mol. The average Bonchev–Trinajstić information content (AvgIpc) is 2.64. The van der Waals surface area contributed by atoms with Crippen LogP contribution in [0.4, 0.5) is 0 Å². The van der Waals surface area contributed by atoms with Gasteiger partial charge in [0.15, 0.2) is 0 Å². The van der Waals surface area contributed by atoms with Gasteiger partial charge in [0.1, 0.15) is 0 Å². The maximum atomic E-state index is 5.80. The Morgan fingerprint density at radius 3 is 2.76 bits per heavy atom. The molecule has 3 nitrogen and oxygen atoms in total. The van der Waals surface area contributed by atoms with Crippen LogP contribution in [0.5, 0.6) is 0 Å². The summed E-state index contributed by atoms with van der Waals surface area (Å²) in [6, 6.07) is 0.727. The van der Waals surface area contributed by atoms with Crippen molar-refractivity contribution >= 4 is 0 Å². The van der Waals surface area contributed by atoms with Gasteiger partial charge in [-0.05, 0) is 53.1 Å². The number of nitrogens with zero attached hydrogens (tertiary/aromatic N) is 1. The molecule has 3 heteroatoms. The van der Waals surface area contributed by atoms with E-state index in [0.717, 1.165) is 32.3 Å². The second-order valence-electron chi connectivity index (χ2n) is 6.00. The van der Waals surface area contributed by atoms with Gasteiger partial charge in [0.25, 0.3) is 0 Å². The van der Waals surface area contributed by atoms with E-state index in [4.69, 9.17) is 4.74 Å². The van der Waals surface area contributed by atoms with E-state index in [-0.39, 0.29) is 5.60 Å². The number of hydrogen-bond acceptors (Lipinski definition) is 3. The van der Waals surface area contributed by atoms with E-state index in [1.54, 1.807) is 0 Å². The summed E-state index contributed by atoms with van der Waals surface area (Å²) in [7, 11) is 0. The zero-order valence-corrected chi connectivity index (χ0v) is 12.1. The van der Waals surface area contributed by atoms with E-state index in [1.165, 1.54) is 25.8 Å². The van der Waals surface area contributed by atoms with Crippen LogP contribution in [0.25, 0.3) is 0 Å². The van der Waals surface area contributed by atoms with Crippen molar-refractivity contribution in [3.8, 4) is 0 Å². The zero-order chi connectivity index (χ0) is 12.7. The van der Waals surface area contributed by atoms with Crippen LogP contribution in [0, 0.1) is 0 Å². The molecule has 0 aromatic rings. The Morgan fingerprint density at radius 2 is 2.12 bits per heavy atom. The molecular weight excluding hydrogens is 212 g/mol. The number of hydrogen-bond donors (Lipinski definition) is 1. The molecule has 1 rings (SSSR count). The summed E-state index contributed by atoms with van der Waals surface area (Å²) in [5, 5.41) is 3.53. The summed E-state index contributed by atoms with van der Waals surface area (Å²) < 4.78 is 5.80. The summed E-state index contributed by atoms with van der Waals surface area (Å²) in [4.78, 5) is 2.58. The van der Waals surface area contributed by atoms with Crippen molar-refractivity contribution in [3.63, 3.8) is 0 Å². The predicted octanol–water partition coefficient (Wildman–Crippen LogP) is 2.27. The number of ether oxygens (including phenoxy) is 1. The Balaban J connectivity index is 2.17. The van der Waals surface area contributed by atoms with Gasteiger partial charge in [0.05, 0.1) is 12.2 Å². The molecule has 0 bridgehead atoms. The third-order valence-corrected chi connectivity index (χ3v) is 3.22. The largest absolute Gasteiger partial charge is 0.375 e. The molecule has 1 aliphatic rings. The molecule has 102 valence electrons. The van der Waals surface area contributed by atoms with Gasteiger partial charge < -0.3 is 10.1 Å². The van der Waals surface area contributed by atoms with Gasteiger partial charge in [0, 0.05) is 19.1 Å². The number of nitrogens with one attached hydrogen (secondary N) is 1. The average molecular weight is 242 g/mol. The minimum Gasteiger partial charge on any atom is -0.375 e. The molecule has 1 atom stereocenters. The molecule has 0 aromatic heterocycles. The van der Waals surface area contributed by atoms with E-state index in [9.17, 15) is 0 Å². The van der Waals surface area contributed by atoms with Gasteiger partial charge in [-0.3, -0.25) is 4.90 Å². The van der Waals surface area contributed by atoms with Crippen LogP contribution in [0.1, 0.15) is 47.0 Å². The molecule has 1 fully saturated rings. The lowest BCUT2D eigenvalue weighted by Gasteiger charge is -2.27. The molecule has 1 saturated heterocycles. The molecule has 0 amide bonds. The maximum absolute atomic E-state index is 5.80. The Labute approximate surface area is 107 Å². The Bertz CT molecular complexity index is 201. The van der Waals surface area contributed by atoms with Crippen molar-refractivity contribution in [1.29, 1.82) is 0 Å². The van der Waals surface area contributed by atoms with Gasteiger partial charge in [-0.15, -0.1) is 0 Å². The van der Waals surface area contributed by atoms with Crippen molar-refractivity contribution in [2.45, 2.75) is 58.6 Å². The van der Waals surface area contributed by atoms with Gasteiger partial charge in [-0.1, -0.05) is 6.92 Å². The lowest BCUT2D eigenvalue weighted by Crippen LogP contribution is -2.40. The smallest absolute Gasteiger partial charge is 0.0600 e. The molecule has 0 aromatic carbocycles. The van der Waals surface area contributed by atoms with Crippen molar-refractivity contribution in [2.75, 3.05) is 32.8 Å². The van der Waals surface area contributed by atoms with Gasteiger partial charge in [-0.2, -0.15) is 0 Å². The van der Waals surface area contributed by atoms with Gasteiger partial charge >= 0.3 is 0 Å². The molecule has 0 aliphatic carbocycles. The lowest BCUT2D eigenvalue weighted by molar-refractivity contribution is -0.0142. The normalized spacial score (nSPS) is 22.2. The first-order valence-electron chi connectivity index (χ1n) is 7.11. The van der Waals surface area contributed by atoms with E-state index in [0.29, 0.717) is 0 Å². The number of likely N-dealkylation sites (tertiary alicyclic amines) is 1. The zero-order valence-electron chi connectivity index (χ0n) is 12.1. The molecule has 1 unspecified atom stereocenters. The molecule has 1 heterocycles. The van der Waals surface area contributed by atoms with Crippen LogP contribution in [0.2, 0.25) is 0 Å². The van der Waals surface area contributed by atoms with Crippen LogP contribution in [-0.2, 0) is 4.74 Å². The summed E-state index contributed by atoms with van der Waals surface area (Å²) in [6.07, 6.45) is 3.90. The molecule has 17 heavy (non-hydrogen) atoms. The van der Waals surface area contributed by atoms with E-state index in [2.05, 4.69) is 37.9 Å². The quantitative estimate of drug-likeness (QED) is 0.693. The Kier molecular flexibility index (Phi) is 6.45. The minimum atomic E-state index is -0.00428. The van der Waals surface area contributed by atoms with Crippen molar-refractivity contribution in [2.24, 2.45) is 0 Å². The minimum absolute atomic E-state index is 0.00428. The molecule has 0 spiro atoms. The summed E-state index contributed by atoms with van der Waals surface area (Å²) in [5.41, 5.74) is -0.00428. The molecule has 1 N–H and O–H groups in total. The standard InChI is InChI=1S/C14H30N2O/c1-5-8-15-12-13-7-6-9-16(13)10-11-17-14(2,3)4/h13,15H,5-12H2,1-4H3. The highest BCUT2D eigenvalue weighted by Crippen LogP contribution is 2.16. The van der Waals surface area contributed by atoms with Crippen molar-refractivity contribution < 1.29 is 4.74 Å². The maximum Gasteiger partial charge on any atom is 0.0600 e. The van der Waals surface area contributed by atoms with Crippen LogP contribution in [0.3, 0.4) is 0 Å². The molecule has 0 saturated carbocycles. The molecule has 0 radical (unpaired) electrons. The summed E-state index contributed by atoms with van der Waals surface area (Å²) >= 11 is 0. The van der Waals surface area contributed by atoms with Gasteiger partial charge in [-0.25, -0.2) is 0 Å². The highest BCUT2D eigenvalue weighted by Gasteiger charge is 2.23. The van der Waals surface area contributed by atoms with E-state index in [1.807, 2.05) is 0 Å².